The zero-order chi connectivity index (χ0) is 18.0. The molecule has 0 spiro atoms. The van der Waals surface area contributed by atoms with Gasteiger partial charge in [0.1, 0.15) is 11.5 Å². The number of methoxy groups -OCH3 is 3. The fourth-order valence-electron chi connectivity index (χ4n) is 2.77. The van der Waals surface area contributed by atoms with Crippen LogP contribution < -0.4 is 18.9 Å². The number of hydrogen-bond donors (Lipinski definition) is 1. The number of nitrogens with zero attached hydrogens (tertiary/aromatic N) is 1. The third-order valence-electron chi connectivity index (χ3n) is 3.80. The molecule has 0 aliphatic carbocycles. The lowest BCUT2D eigenvalue weighted by molar-refractivity contribution is 0.140. The van der Waals surface area contributed by atoms with Crippen molar-refractivity contribution in [1.29, 1.82) is 0 Å². The van der Waals surface area contributed by atoms with Crippen molar-refractivity contribution in [3.8, 4) is 28.8 Å². The molecular formula is C18H17NO6. The Balaban J connectivity index is 2.37. The number of para-hydroxylation sites is 1. The maximum Gasteiger partial charge on any atom is 0.512 e. The molecule has 0 bridgehead atoms. The van der Waals surface area contributed by atoms with Gasteiger partial charge in [-0.3, -0.25) is 4.57 Å². The lowest BCUT2D eigenvalue weighted by Gasteiger charge is -2.14. The first-order chi connectivity index (χ1) is 12.1. The molecule has 0 saturated carbocycles. The number of ether oxygens (including phenoxy) is 4. The Labute approximate surface area is 143 Å². The zero-order valence-electron chi connectivity index (χ0n) is 14.0. The Morgan fingerprint density at radius 3 is 2.40 bits per heavy atom. The number of benzene rings is 2. The van der Waals surface area contributed by atoms with E-state index in [9.17, 15) is 4.79 Å². The second-order valence-corrected chi connectivity index (χ2v) is 5.10. The third kappa shape index (κ3) is 2.80. The fourth-order valence-corrected chi connectivity index (χ4v) is 2.77. The first-order valence-corrected chi connectivity index (χ1v) is 7.41. The van der Waals surface area contributed by atoms with Gasteiger partial charge < -0.3 is 24.1 Å². The average Bonchev–Trinajstić information content (AvgIpc) is 2.93. The number of hydrogen-bond acceptors (Lipinski definition) is 5. The van der Waals surface area contributed by atoms with Crippen LogP contribution in [0.3, 0.4) is 0 Å². The summed E-state index contributed by atoms with van der Waals surface area (Å²) in [4.78, 5) is 11.2. The van der Waals surface area contributed by atoms with Crippen molar-refractivity contribution in [2.45, 2.75) is 0 Å². The Hall–Kier alpha value is -3.35. The van der Waals surface area contributed by atoms with E-state index < -0.39 is 6.16 Å². The number of fused-ring (bicyclic) bond motifs is 1. The molecule has 3 aromatic rings. The zero-order valence-corrected chi connectivity index (χ0v) is 14.0. The van der Waals surface area contributed by atoms with Crippen molar-refractivity contribution in [2.24, 2.45) is 0 Å². The highest BCUT2D eigenvalue weighted by molar-refractivity contribution is 5.93. The van der Waals surface area contributed by atoms with Gasteiger partial charge in [-0.15, -0.1) is 0 Å². The largest absolute Gasteiger partial charge is 0.512 e. The van der Waals surface area contributed by atoms with Gasteiger partial charge in [-0.25, -0.2) is 4.79 Å². The number of carboxylic acid groups (broad SMARTS) is 1. The van der Waals surface area contributed by atoms with Crippen molar-refractivity contribution in [3.05, 3.63) is 42.5 Å². The van der Waals surface area contributed by atoms with E-state index in [1.165, 1.54) is 14.2 Å². The van der Waals surface area contributed by atoms with Gasteiger partial charge in [0.05, 0.1) is 32.5 Å². The molecule has 1 heterocycles. The lowest BCUT2D eigenvalue weighted by Crippen LogP contribution is -2.09. The lowest BCUT2D eigenvalue weighted by atomic mass is 10.2. The quantitative estimate of drug-likeness (QED) is 0.712. The van der Waals surface area contributed by atoms with Crippen LogP contribution in [0.15, 0.2) is 42.5 Å². The summed E-state index contributed by atoms with van der Waals surface area (Å²) < 4.78 is 22.7. The molecule has 130 valence electrons. The SMILES string of the molecule is COc1ccc(-n2c(OC(=O)O)c(OC)c3ccccc32)c(OC)c1. The van der Waals surface area contributed by atoms with E-state index in [1.807, 2.05) is 24.3 Å². The molecule has 0 saturated heterocycles. The van der Waals surface area contributed by atoms with E-state index in [4.69, 9.17) is 24.1 Å². The molecule has 0 aliphatic heterocycles. The molecule has 0 unspecified atom stereocenters. The van der Waals surface area contributed by atoms with Crippen LogP contribution in [0, 0.1) is 0 Å². The minimum atomic E-state index is -1.44. The van der Waals surface area contributed by atoms with E-state index in [0.29, 0.717) is 22.9 Å². The molecule has 0 aliphatic rings. The van der Waals surface area contributed by atoms with Crippen molar-refractivity contribution >= 4 is 17.1 Å². The maximum absolute atomic E-state index is 11.2. The first kappa shape index (κ1) is 16.5. The first-order valence-electron chi connectivity index (χ1n) is 7.41. The highest BCUT2D eigenvalue weighted by Gasteiger charge is 2.24. The monoisotopic (exact) mass is 343 g/mol. The normalized spacial score (nSPS) is 10.5. The van der Waals surface area contributed by atoms with Gasteiger partial charge in [0.25, 0.3) is 5.88 Å². The van der Waals surface area contributed by atoms with Crippen molar-refractivity contribution < 1.29 is 28.8 Å². The van der Waals surface area contributed by atoms with Crippen LogP contribution in [0.2, 0.25) is 0 Å². The molecule has 0 atom stereocenters. The summed E-state index contributed by atoms with van der Waals surface area (Å²) in [5.74, 6) is 1.50. The second kappa shape index (κ2) is 6.64. The van der Waals surface area contributed by atoms with Crippen LogP contribution in [-0.4, -0.2) is 37.2 Å². The van der Waals surface area contributed by atoms with Crippen LogP contribution in [0.25, 0.3) is 16.6 Å². The Bertz CT molecular complexity index is 931. The predicted molar refractivity (Wildman–Crippen MR) is 91.6 cm³/mol. The summed E-state index contributed by atoms with van der Waals surface area (Å²) in [6.07, 6.45) is -1.44. The molecule has 2 aromatic carbocycles. The van der Waals surface area contributed by atoms with Gasteiger partial charge in [-0.2, -0.15) is 0 Å². The van der Waals surface area contributed by atoms with Gasteiger partial charge in [-0.05, 0) is 24.3 Å². The summed E-state index contributed by atoms with van der Waals surface area (Å²) >= 11 is 0. The minimum Gasteiger partial charge on any atom is -0.497 e. The van der Waals surface area contributed by atoms with Crippen molar-refractivity contribution in [3.63, 3.8) is 0 Å². The van der Waals surface area contributed by atoms with E-state index >= 15 is 0 Å². The van der Waals surface area contributed by atoms with Gasteiger partial charge in [-0.1, -0.05) is 12.1 Å². The molecule has 1 N–H and O–H groups in total. The van der Waals surface area contributed by atoms with Crippen LogP contribution in [-0.2, 0) is 0 Å². The van der Waals surface area contributed by atoms with E-state index in [2.05, 4.69) is 0 Å². The van der Waals surface area contributed by atoms with E-state index in [1.54, 1.807) is 29.9 Å². The standard InChI is InChI=1S/C18H17NO6/c1-22-11-8-9-14(15(10-11)23-2)19-13-7-5-4-6-12(13)16(24-3)17(19)25-18(20)21/h4-10H,1-3H3,(H,20,21). The number of aromatic nitrogens is 1. The summed E-state index contributed by atoms with van der Waals surface area (Å²) in [6, 6.07) is 12.6. The van der Waals surface area contributed by atoms with Crippen LogP contribution in [0.1, 0.15) is 0 Å². The molecule has 0 fully saturated rings. The minimum absolute atomic E-state index is 0.0552. The van der Waals surface area contributed by atoms with Crippen molar-refractivity contribution in [2.75, 3.05) is 21.3 Å². The summed E-state index contributed by atoms with van der Waals surface area (Å²) in [6.45, 7) is 0. The predicted octanol–water partition coefficient (Wildman–Crippen LogP) is 3.71. The molecule has 1 aromatic heterocycles. The summed E-state index contributed by atoms with van der Waals surface area (Å²) in [5, 5.41) is 9.87. The maximum atomic E-state index is 11.2. The molecule has 25 heavy (non-hydrogen) atoms. The van der Waals surface area contributed by atoms with Gasteiger partial charge in [0.2, 0.25) is 0 Å². The van der Waals surface area contributed by atoms with Crippen LogP contribution in [0.5, 0.6) is 23.1 Å². The van der Waals surface area contributed by atoms with Crippen LogP contribution in [0.4, 0.5) is 4.79 Å². The smallest absolute Gasteiger partial charge is 0.497 e. The van der Waals surface area contributed by atoms with Gasteiger partial charge >= 0.3 is 6.16 Å². The average molecular weight is 343 g/mol. The van der Waals surface area contributed by atoms with E-state index in [0.717, 1.165) is 10.9 Å². The highest BCUT2D eigenvalue weighted by Crippen LogP contribution is 2.43. The third-order valence-corrected chi connectivity index (χ3v) is 3.80. The number of carbonyl (C=O) groups is 1. The highest BCUT2D eigenvalue weighted by atomic mass is 16.7. The fraction of sp³-hybridized carbons (Fsp3) is 0.167. The molecular weight excluding hydrogens is 326 g/mol. The number of rotatable bonds is 5. The Kier molecular flexibility index (Phi) is 4.38. The molecule has 3 rings (SSSR count). The molecule has 0 amide bonds. The summed E-state index contributed by atoms with van der Waals surface area (Å²) in [5.41, 5.74) is 1.32. The molecule has 7 heteroatoms. The topological polar surface area (TPSA) is 79.2 Å². The van der Waals surface area contributed by atoms with E-state index in [-0.39, 0.29) is 5.88 Å². The van der Waals surface area contributed by atoms with Gasteiger partial charge in [0, 0.05) is 11.5 Å². The second-order valence-electron chi connectivity index (χ2n) is 5.10. The Morgan fingerprint density at radius 1 is 1.00 bits per heavy atom. The van der Waals surface area contributed by atoms with Crippen molar-refractivity contribution in [1.82, 2.24) is 4.57 Å². The molecule has 0 radical (unpaired) electrons. The Morgan fingerprint density at radius 2 is 1.76 bits per heavy atom. The summed E-state index contributed by atoms with van der Waals surface area (Å²) in [7, 11) is 4.55. The molecule has 7 nitrogen and oxygen atoms in total. The van der Waals surface area contributed by atoms with Crippen LogP contribution >= 0.6 is 0 Å². The van der Waals surface area contributed by atoms with Gasteiger partial charge in [0.15, 0.2) is 5.75 Å².